The number of hydrogen-bond donors (Lipinski definition) is 2. The van der Waals surface area contributed by atoms with Crippen LogP contribution in [0, 0.1) is 6.92 Å². The van der Waals surface area contributed by atoms with E-state index in [4.69, 9.17) is 0 Å². The first-order chi connectivity index (χ1) is 9.00. The minimum Gasteiger partial charge on any atom is -0.504 e. The van der Waals surface area contributed by atoms with Crippen LogP contribution in [-0.2, 0) is 0 Å². The molecule has 0 spiro atoms. The second-order valence-corrected chi connectivity index (χ2v) is 4.56. The monoisotopic (exact) mass is 254 g/mol. The van der Waals surface area contributed by atoms with Crippen LogP contribution in [0.2, 0.25) is 0 Å². The Morgan fingerprint density at radius 1 is 0.842 bits per heavy atom. The van der Waals surface area contributed by atoms with E-state index < -0.39 is 17.3 Å². The van der Waals surface area contributed by atoms with Gasteiger partial charge in [-0.3, -0.25) is 9.59 Å². The minimum absolute atomic E-state index is 0.124. The highest BCUT2D eigenvalue weighted by molar-refractivity contribution is 6.29. The van der Waals surface area contributed by atoms with Crippen molar-refractivity contribution in [3.63, 3.8) is 0 Å². The van der Waals surface area contributed by atoms with E-state index in [0.717, 1.165) is 5.56 Å². The summed E-state index contributed by atoms with van der Waals surface area (Å²) in [7, 11) is 0. The number of rotatable bonds is 0. The highest BCUT2D eigenvalue weighted by atomic mass is 16.3. The number of carbonyl (C=O) groups is 2. The van der Waals surface area contributed by atoms with Gasteiger partial charge in [0.15, 0.2) is 23.1 Å². The van der Waals surface area contributed by atoms with Crippen LogP contribution in [0.15, 0.2) is 30.3 Å². The van der Waals surface area contributed by atoms with Gasteiger partial charge in [-0.15, -0.1) is 0 Å². The molecule has 0 bridgehead atoms. The molecule has 2 N–H and O–H groups in total. The van der Waals surface area contributed by atoms with E-state index in [2.05, 4.69) is 0 Å². The predicted octanol–water partition coefficient (Wildman–Crippen LogP) is 2.18. The lowest BCUT2D eigenvalue weighted by Gasteiger charge is -2.19. The van der Waals surface area contributed by atoms with Crippen LogP contribution in [0.1, 0.15) is 37.4 Å². The molecule has 0 heterocycles. The molecule has 4 heteroatoms. The topological polar surface area (TPSA) is 74.6 Å². The summed E-state index contributed by atoms with van der Waals surface area (Å²) in [5, 5.41) is 19.2. The van der Waals surface area contributed by atoms with Gasteiger partial charge in [0.2, 0.25) is 0 Å². The van der Waals surface area contributed by atoms with Crippen LogP contribution in [0.5, 0.6) is 11.5 Å². The van der Waals surface area contributed by atoms with E-state index in [9.17, 15) is 19.8 Å². The van der Waals surface area contributed by atoms with Gasteiger partial charge in [-0.25, -0.2) is 0 Å². The number of aromatic hydroxyl groups is 2. The Balaban J connectivity index is 2.36. The Labute approximate surface area is 108 Å². The average molecular weight is 254 g/mol. The summed E-state index contributed by atoms with van der Waals surface area (Å²) in [6.07, 6.45) is 0. The first kappa shape index (κ1) is 11.5. The first-order valence-electron chi connectivity index (χ1n) is 5.75. The van der Waals surface area contributed by atoms with E-state index in [1.807, 2.05) is 6.92 Å². The number of phenols is 2. The molecular weight excluding hydrogens is 244 g/mol. The van der Waals surface area contributed by atoms with Crippen molar-refractivity contribution in [2.75, 3.05) is 0 Å². The molecule has 0 saturated carbocycles. The normalized spacial score (nSPS) is 13.1. The average Bonchev–Trinajstić information content (AvgIpc) is 2.39. The third kappa shape index (κ3) is 1.46. The molecule has 2 aromatic carbocycles. The zero-order valence-corrected chi connectivity index (χ0v) is 10.1. The fraction of sp³-hybridized carbons (Fsp3) is 0.0667. The van der Waals surface area contributed by atoms with Crippen LogP contribution in [0.25, 0.3) is 0 Å². The summed E-state index contributed by atoms with van der Waals surface area (Å²) in [6, 6.07) is 7.52. The SMILES string of the molecule is Cc1ccc2c(c1)C(=O)c1ccc(O)c(O)c1C2=O. The first-order valence-corrected chi connectivity index (χ1v) is 5.75. The predicted molar refractivity (Wildman–Crippen MR) is 67.8 cm³/mol. The molecule has 0 aliphatic heterocycles. The third-order valence-electron chi connectivity index (χ3n) is 3.29. The molecule has 94 valence electrons. The smallest absolute Gasteiger partial charge is 0.198 e. The van der Waals surface area contributed by atoms with E-state index in [-0.39, 0.29) is 22.5 Å². The van der Waals surface area contributed by atoms with Gasteiger partial charge >= 0.3 is 0 Å². The van der Waals surface area contributed by atoms with E-state index in [1.54, 1.807) is 18.2 Å². The van der Waals surface area contributed by atoms with Crippen molar-refractivity contribution in [3.05, 3.63) is 58.1 Å². The Morgan fingerprint density at radius 2 is 1.53 bits per heavy atom. The van der Waals surface area contributed by atoms with Gasteiger partial charge in [0.1, 0.15) is 0 Å². The number of ketones is 2. The molecule has 0 aromatic heterocycles. The molecule has 2 aromatic rings. The Kier molecular flexibility index (Phi) is 2.22. The number of fused-ring (bicyclic) bond motifs is 2. The van der Waals surface area contributed by atoms with Crippen molar-refractivity contribution in [2.45, 2.75) is 6.92 Å². The molecular formula is C15H10O4. The van der Waals surface area contributed by atoms with Gasteiger partial charge in [-0.2, -0.15) is 0 Å². The molecule has 3 rings (SSSR count). The molecule has 0 saturated heterocycles. The number of aryl methyl sites for hydroxylation is 1. The van der Waals surface area contributed by atoms with Crippen molar-refractivity contribution >= 4 is 11.6 Å². The summed E-state index contributed by atoms with van der Waals surface area (Å²) in [6.45, 7) is 1.84. The second-order valence-electron chi connectivity index (χ2n) is 4.56. The van der Waals surface area contributed by atoms with Crippen molar-refractivity contribution in [1.82, 2.24) is 0 Å². The van der Waals surface area contributed by atoms with Crippen molar-refractivity contribution in [2.24, 2.45) is 0 Å². The summed E-state index contributed by atoms with van der Waals surface area (Å²) in [4.78, 5) is 24.6. The van der Waals surface area contributed by atoms with E-state index in [1.165, 1.54) is 12.1 Å². The molecule has 0 atom stereocenters. The fourth-order valence-corrected chi connectivity index (χ4v) is 2.32. The van der Waals surface area contributed by atoms with Crippen LogP contribution in [0.3, 0.4) is 0 Å². The van der Waals surface area contributed by atoms with Gasteiger partial charge in [-0.1, -0.05) is 17.7 Å². The number of carbonyl (C=O) groups excluding carboxylic acids is 2. The quantitative estimate of drug-likeness (QED) is 0.603. The highest BCUT2D eigenvalue weighted by Crippen LogP contribution is 2.37. The van der Waals surface area contributed by atoms with Gasteiger partial charge in [0, 0.05) is 16.7 Å². The lowest BCUT2D eigenvalue weighted by Crippen LogP contribution is -2.21. The highest BCUT2D eigenvalue weighted by Gasteiger charge is 2.32. The standard InChI is InChI=1S/C15H10O4/c1-7-2-3-8-10(6-7)13(17)9-4-5-11(16)15(19)12(9)14(8)18/h2-6,16,19H,1H3. The third-order valence-corrected chi connectivity index (χ3v) is 3.29. The number of hydrogen-bond acceptors (Lipinski definition) is 4. The van der Waals surface area contributed by atoms with Crippen LogP contribution in [0.4, 0.5) is 0 Å². The maximum Gasteiger partial charge on any atom is 0.198 e. The van der Waals surface area contributed by atoms with Gasteiger partial charge in [0.05, 0.1) is 5.56 Å². The summed E-state index contributed by atoms with van der Waals surface area (Å²) < 4.78 is 0. The van der Waals surface area contributed by atoms with Crippen molar-refractivity contribution < 1.29 is 19.8 Å². The lowest BCUT2D eigenvalue weighted by molar-refractivity contribution is 0.0976. The second kappa shape index (κ2) is 3.68. The maximum atomic E-state index is 12.3. The van der Waals surface area contributed by atoms with Gasteiger partial charge in [0.25, 0.3) is 0 Å². The largest absolute Gasteiger partial charge is 0.504 e. The minimum atomic E-state index is -0.540. The van der Waals surface area contributed by atoms with Crippen LogP contribution in [-0.4, -0.2) is 21.8 Å². The molecule has 0 amide bonds. The Bertz CT molecular complexity index is 744. The summed E-state index contributed by atoms with van der Waals surface area (Å²) >= 11 is 0. The molecule has 4 nitrogen and oxygen atoms in total. The molecule has 0 unspecified atom stereocenters. The van der Waals surface area contributed by atoms with Crippen molar-refractivity contribution in [3.8, 4) is 11.5 Å². The molecule has 1 aliphatic carbocycles. The zero-order valence-electron chi connectivity index (χ0n) is 10.1. The van der Waals surface area contributed by atoms with Gasteiger partial charge in [-0.05, 0) is 25.1 Å². The maximum absolute atomic E-state index is 12.3. The van der Waals surface area contributed by atoms with E-state index >= 15 is 0 Å². The van der Waals surface area contributed by atoms with E-state index in [0.29, 0.717) is 5.56 Å². The molecule has 0 fully saturated rings. The van der Waals surface area contributed by atoms with Gasteiger partial charge < -0.3 is 10.2 Å². The van der Waals surface area contributed by atoms with Crippen LogP contribution >= 0.6 is 0 Å². The Morgan fingerprint density at radius 3 is 2.26 bits per heavy atom. The van der Waals surface area contributed by atoms with Crippen LogP contribution < -0.4 is 0 Å². The molecule has 0 radical (unpaired) electrons. The summed E-state index contributed by atoms with van der Waals surface area (Å²) in [5.41, 5.74) is 1.47. The lowest BCUT2D eigenvalue weighted by atomic mass is 9.83. The fourth-order valence-electron chi connectivity index (χ4n) is 2.32. The summed E-state index contributed by atoms with van der Waals surface area (Å²) in [5.74, 6) is -1.71. The van der Waals surface area contributed by atoms with Crippen molar-refractivity contribution in [1.29, 1.82) is 0 Å². The zero-order chi connectivity index (χ0) is 13.7. The Hall–Kier alpha value is -2.62. The molecule has 1 aliphatic rings. The number of benzene rings is 2. The molecule has 19 heavy (non-hydrogen) atoms. The number of phenolic OH excluding ortho intramolecular Hbond substituents is 2.